The van der Waals surface area contributed by atoms with Crippen molar-refractivity contribution in [1.82, 2.24) is 0 Å². The van der Waals surface area contributed by atoms with E-state index in [1.54, 1.807) is 55.8 Å². The van der Waals surface area contributed by atoms with E-state index in [1.807, 2.05) is 0 Å². The summed E-state index contributed by atoms with van der Waals surface area (Å²) in [5.41, 5.74) is 0. The number of nitrogens with zero attached hydrogens (tertiary/aromatic N) is 2. The molecule has 0 radical (unpaired) electrons. The summed E-state index contributed by atoms with van der Waals surface area (Å²) >= 11 is 0. The van der Waals surface area contributed by atoms with Crippen LogP contribution in [-0.2, 0) is 0 Å². The number of rotatable bonds is 4. The van der Waals surface area contributed by atoms with Crippen molar-refractivity contribution >= 4 is 0 Å². The van der Waals surface area contributed by atoms with Gasteiger partial charge < -0.3 is 19.8 Å². The maximum atomic E-state index is 8.25. The molecular formula is C12H20N2O3. The number of hydrogen-bond acceptors (Lipinski definition) is 3. The fraction of sp³-hybridized carbons (Fsp3) is 1.00. The Labute approximate surface area is 101 Å². The minimum Gasteiger partial charge on any atom is -0.356 e. The average molecular weight is 240 g/mol. The molecule has 5 nitrogen and oxygen atoms in total. The highest BCUT2D eigenvalue weighted by Crippen LogP contribution is 2.58. The molecule has 0 N–H and O–H groups in total. The molecular weight excluding hydrogens is 220 g/mol. The highest BCUT2D eigenvalue weighted by atomic mass is 16.9. The molecule has 4 saturated carbocycles. The molecule has 0 amide bonds. The maximum absolute atomic E-state index is 8.25. The van der Waals surface area contributed by atoms with Crippen LogP contribution in [0.5, 0.6) is 0 Å². The monoisotopic (exact) mass is 240 g/mol. The third kappa shape index (κ3) is 2.12. The smallest absolute Gasteiger partial charge is 0.0901 e. The van der Waals surface area contributed by atoms with Gasteiger partial charge in [-0.3, -0.25) is 0 Å². The molecule has 96 valence electrons. The van der Waals surface area contributed by atoms with Gasteiger partial charge in [-0.05, 0) is 0 Å². The van der Waals surface area contributed by atoms with Crippen molar-refractivity contribution in [2.24, 2.45) is 0 Å². The zero-order valence-electron chi connectivity index (χ0n) is 10.1. The molecule has 0 atom stereocenters. The minimum atomic E-state index is -1.75. The van der Waals surface area contributed by atoms with E-state index in [-0.39, 0.29) is 0 Å². The minimum absolute atomic E-state index is 1.15. The predicted octanol–water partition coefficient (Wildman–Crippen LogP) is 2.21. The Morgan fingerprint density at radius 2 is 0.882 bits per heavy atom. The van der Waals surface area contributed by atoms with E-state index in [0.717, 1.165) is 24.2 Å². The molecule has 0 unspecified atom stereocenters. The van der Waals surface area contributed by atoms with Gasteiger partial charge in [0.05, 0.1) is 29.3 Å². The summed E-state index contributed by atoms with van der Waals surface area (Å²) in [5, 5.41) is 14.8. The standard InChI is InChI=1S/C12H20N.NO3/c1-2-9(1)13(10-3-4-10,11-5-6-11)12-7-8-12;2-1(3)4/h9-12H,1-8H2;/q+1;-1. The van der Waals surface area contributed by atoms with Crippen molar-refractivity contribution in [1.29, 1.82) is 0 Å². The van der Waals surface area contributed by atoms with Crippen LogP contribution in [0.3, 0.4) is 0 Å². The molecule has 17 heavy (non-hydrogen) atoms. The molecule has 0 saturated heterocycles. The molecule has 0 aliphatic heterocycles. The summed E-state index contributed by atoms with van der Waals surface area (Å²) in [6.45, 7) is 0. The first-order chi connectivity index (χ1) is 8.15. The van der Waals surface area contributed by atoms with E-state index < -0.39 is 5.09 Å². The first-order valence-corrected chi connectivity index (χ1v) is 6.85. The van der Waals surface area contributed by atoms with Gasteiger partial charge >= 0.3 is 0 Å². The van der Waals surface area contributed by atoms with Gasteiger partial charge in [-0.25, -0.2) is 0 Å². The fourth-order valence-corrected chi connectivity index (χ4v) is 3.88. The van der Waals surface area contributed by atoms with Crippen LogP contribution in [0.25, 0.3) is 0 Å². The Kier molecular flexibility index (Phi) is 2.54. The van der Waals surface area contributed by atoms with Crippen LogP contribution in [0.15, 0.2) is 0 Å². The van der Waals surface area contributed by atoms with E-state index in [9.17, 15) is 0 Å². The SMILES string of the molecule is C1CC1[N+](C1CC1)(C1CC1)C1CC1.O=[N+]([O-])[O-]. The summed E-state index contributed by atoms with van der Waals surface area (Å²) in [6, 6.07) is 4.58. The second-order valence-corrected chi connectivity index (χ2v) is 6.04. The van der Waals surface area contributed by atoms with Crippen LogP contribution in [0, 0.1) is 15.3 Å². The van der Waals surface area contributed by atoms with Crippen molar-refractivity contribution in [2.45, 2.75) is 75.5 Å². The summed E-state index contributed by atoms with van der Waals surface area (Å²) in [4.78, 5) is 8.25. The fourth-order valence-electron chi connectivity index (χ4n) is 3.88. The largest absolute Gasteiger partial charge is 0.356 e. The first-order valence-electron chi connectivity index (χ1n) is 6.85. The molecule has 0 heterocycles. The van der Waals surface area contributed by atoms with Crippen LogP contribution in [0.4, 0.5) is 0 Å². The Morgan fingerprint density at radius 3 is 1.00 bits per heavy atom. The van der Waals surface area contributed by atoms with Crippen LogP contribution < -0.4 is 0 Å². The van der Waals surface area contributed by atoms with E-state index >= 15 is 0 Å². The zero-order valence-corrected chi connectivity index (χ0v) is 10.1. The molecule has 0 aromatic heterocycles. The summed E-state index contributed by atoms with van der Waals surface area (Å²) in [5.74, 6) is 0. The maximum Gasteiger partial charge on any atom is 0.0901 e. The topological polar surface area (TPSA) is 66.2 Å². The summed E-state index contributed by atoms with van der Waals surface area (Å²) < 4.78 is 1.67. The zero-order chi connectivity index (χ0) is 12.0. The van der Waals surface area contributed by atoms with Gasteiger partial charge in [0, 0.05) is 51.4 Å². The molecule has 0 aromatic carbocycles. The van der Waals surface area contributed by atoms with Crippen molar-refractivity contribution < 1.29 is 9.57 Å². The van der Waals surface area contributed by atoms with Crippen LogP contribution in [-0.4, -0.2) is 33.7 Å². The quantitative estimate of drug-likeness (QED) is 0.430. The Morgan fingerprint density at radius 1 is 0.706 bits per heavy atom. The van der Waals surface area contributed by atoms with Gasteiger partial charge in [0.1, 0.15) is 0 Å². The Bertz CT molecular complexity index is 260. The lowest BCUT2D eigenvalue weighted by Gasteiger charge is -2.41. The highest BCUT2D eigenvalue weighted by molar-refractivity contribution is 4.97. The van der Waals surface area contributed by atoms with Gasteiger partial charge in [0.2, 0.25) is 0 Å². The summed E-state index contributed by atoms with van der Waals surface area (Å²) in [6.07, 6.45) is 12.6. The summed E-state index contributed by atoms with van der Waals surface area (Å²) in [7, 11) is 0. The second kappa shape index (κ2) is 3.83. The molecule has 4 aliphatic carbocycles. The van der Waals surface area contributed by atoms with Crippen LogP contribution >= 0.6 is 0 Å². The molecule has 4 rings (SSSR count). The second-order valence-electron chi connectivity index (χ2n) is 6.04. The van der Waals surface area contributed by atoms with Crippen molar-refractivity contribution in [3.05, 3.63) is 15.3 Å². The van der Waals surface area contributed by atoms with Gasteiger partial charge in [-0.2, -0.15) is 0 Å². The third-order valence-corrected chi connectivity index (χ3v) is 4.72. The third-order valence-electron chi connectivity index (χ3n) is 4.72. The Hall–Kier alpha value is -0.840. The Balaban J connectivity index is 0.000000201. The van der Waals surface area contributed by atoms with Gasteiger partial charge in [0.25, 0.3) is 0 Å². The number of hydrogen-bond donors (Lipinski definition) is 0. The number of quaternary nitrogens is 1. The average Bonchev–Trinajstić information content (AvgIpc) is 3.01. The molecule has 4 aliphatic rings. The van der Waals surface area contributed by atoms with Gasteiger partial charge in [0.15, 0.2) is 0 Å². The lowest BCUT2D eigenvalue weighted by atomic mass is 10.2. The van der Waals surface area contributed by atoms with Crippen LogP contribution in [0.1, 0.15) is 51.4 Å². The first kappa shape index (κ1) is 11.3. The lowest BCUT2D eigenvalue weighted by Crippen LogP contribution is -2.55. The lowest BCUT2D eigenvalue weighted by molar-refractivity contribution is -0.968. The van der Waals surface area contributed by atoms with E-state index in [2.05, 4.69) is 0 Å². The molecule has 0 bridgehead atoms. The highest BCUT2D eigenvalue weighted by Gasteiger charge is 2.66. The molecule has 0 aromatic rings. The van der Waals surface area contributed by atoms with E-state index in [0.29, 0.717) is 0 Å². The van der Waals surface area contributed by atoms with Crippen LogP contribution in [0.2, 0.25) is 0 Å². The van der Waals surface area contributed by atoms with E-state index in [4.69, 9.17) is 15.3 Å². The molecule has 4 fully saturated rings. The van der Waals surface area contributed by atoms with Crippen molar-refractivity contribution in [2.75, 3.05) is 0 Å². The van der Waals surface area contributed by atoms with Crippen molar-refractivity contribution in [3.63, 3.8) is 0 Å². The van der Waals surface area contributed by atoms with E-state index in [1.165, 1.54) is 0 Å². The predicted molar refractivity (Wildman–Crippen MR) is 62.7 cm³/mol. The van der Waals surface area contributed by atoms with Gasteiger partial charge in [-0.1, -0.05) is 0 Å². The van der Waals surface area contributed by atoms with Crippen molar-refractivity contribution in [3.8, 4) is 0 Å². The normalized spacial score (nSPS) is 28.2. The van der Waals surface area contributed by atoms with Gasteiger partial charge in [-0.15, -0.1) is 0 Å². The molecule has 0 spiro atoms. The molecule has 5 heteroatoms.